The second kappa shape index (κ2) is 9.50. The first-order valence-corrected chi connectivity index (χ1v) is 5.75. The third kappa shape index (κ3) is 4.84. The Morgan fingerprint density at radius 2 is 2.00 bits per heavy atom. The molecule has 117 valence electrons. The summed E-state index contributed by atoms with van der Waals surface area (Å²) in [5.74, 6) is -0.585. The fourth-order valence-corrected chi connectivity index (χ4v) is 1.49. The molecule has 22 heavy (non-hydrogen) atoms. The summed E-state index contributed by atoms with van der Waals surface area (Å²) in [6.45, 7) is 0. The molecule has 0 unspecified atom stereocenters. The predicted octanol–water partition coefficient (Wildman–Crippen LogP) is 0.885. The summed E-state index contributed by atoms with van der Waals surface area (Å²) in [5, 5.41) is 15.4. The van der Waals surface area contributed by atoms with E-state index in [0.29, 0.717) is 11.1 Å². The molecule has 0 spiro atoms. The molecule has 1 aromatic heterocycles. The third-order valence-corrected chi connectivity index (χ3v) is 2.50. The van der Waals surface area contributed by atoms with Crippen LogP contribution in [-0.2, 0) is 16.8 Å². The Morgan fingerprint density at radius 3 is 2.64 bits per heavy atom. The van der Waals surface area contributed by atoms with Crippen LogP contribution in [0.25, 0.3) is 5.43 Å². The van der Waals surface area contributed by atoms with E-state index >= 15 is 0 Å². The van der Waals surface area contributed by atoms with E-state index in [-0.39, 0.29) is 33.8 Å². The van der Waals surface area contributed by atoms with E-state index in [1.54, 1.807) is 18.2 Å². The summed E-state index contributed by atoms with van der Waals surface area (Å²) in [4.78, 5) is 15.4. The van der Waals surface area contributed by atoms with Gasteiger partial charge in [0.25, 0.3) is 0 Å². The SMILES string of the molecule is COc1cccc(/C=N/[N-]C(=O)c2ccncc2)c1[O-].O.[Co+2]. The van der Waals surface area contributed by atoms with Crippen LogP contribution in [0, 0.1) is 0 Å². The first-order chi connectivity index (χ1) is 9.72. The minimum absolute atomic E-state index is 0. The standard InChI is InChI=1S/C14H13N3O3.Co.H2O/c1-20-12-4-2-3-11(13(12)18)9-16-17-14(19)10-5-7-15-8-6-10;;/h2-9H,1H3,(H2,15,16,17,18,19);;1H2/q;+2;/p-2. The number of rotatable bonds is 4. The van der Waals surface area contributed by atoms with Gasteiger partial charge in [0.15, 0.2) is 0 Å². The van der Waals surface area contributed by atoms with Gasteiger partial charge in [-0.3, -0.25) is 4.98 Å². The molecule has 7 nitrogen and oxygen atoms in total. The molecule has 2 aromatic rings. The normalized spacial score (nSPS) is 9.50. The zero-order valence-electron chi connectivity index (χ0n) is 11.5. The molecule has 1 heterocycles. The first kappa shape index (κ1) is 19.6. The number of ether oxygens (including phenoxy) is 1. The van der Waals surface area contributed by atoms with Crippen molar-refractivity contribution in [1.29, 1.82) is 0 Å². The molecule has 0 saturated heterocycles. The predicted molar refractivity (Wildman–Crippen MR) is 75.6 cm³/mol. The molecule has 0 bridgehead atoms. The van der Waals surface area contributed by atoms with Crippen molar-refractivity contribution < 1.29 is 36.9 Å². The zero-order chi connectivity index (χ0) is 14.4. The van der Waals surface area contributed by atoms with Gasteiger partial charge in [-0.1, -0.05) is 17.9 Å². The molecule has 2 rings (SSSR count). The summed E-state index contributed by atoms with van der Waals surface area (Å²) in [7, 11) is 1.41. The molecule has 0 atom stereocenters. The number of hydrogen-bond donors (Lipinski definition) is 0. The maximum Gasteiger partial charge on any atom is 2.00 e. The van der Waals surface area contributed by atoms with E-state index in [9.17, 15) is 9.90 Å². The fourth-order valence-electron chi connectivity index (χ4n) is 1.49. The van der Waals surface area contributed by atoms with Crippen LogP contribution in [-0.4, -0.2) is 29.7 Å². The Labute approximate surface area is 137 Å². The van der Waals surface area contributed by atoms with Crippen molar-refractivity contribution in [3.8, 4) is 11.5 Å². The van der Waals surface area contributed by atoms with Crippen LogP contribution >= 0.6 is 0 Å². The van der Waals surface area contributed by atoms with Crippen molar-refractivity contribution in [3.63, 3.8) is 0 Å². The number of carbonyl (C=O) groups is 1. The van der Waals surface area contributed by atoms with Crippen LogP contribution in [0.3, 0.4) is 0 Å². The van der Waals surface area contributed by atoms with Gasteiger partial charge >= 0.3 is 16.8 Å². The van der Waals surface area contributed by atoms with Crippen LogP contribution in [0.1, 0.15) is 15.9 Å². The Morgan fingerprint density at radius 1 is 1.32 bits per heavy atom. The van der Waals surface area contributed by atoms with Crippen molar-refractivity contribution in [1.82, 2.24) is 4.98 Å². The van der Waals surface area contributed by atoms with Crippen LogP contribution in [0.2, 0.25) is 0 Å². The topological polar surface area (TPSA) is 120 Å². The second-order valence-electron chi connectivity index (χ2n) is 3.76. The van der Waals surface area contributed by atoms with E-state index in [0.717, 1.165) is 0 Å². The van der Waals surface area contributed by atoms with Gasteiger partial charge in [0.1, 0.15) is 5.75 Å². The molecule has 8 heteroatoms. The molecule has 2 N–H and O–H groups in total. The molecule has 0 saturated carbocycles. The van der Waals surface area contributed by atoms with Gasteiger partial charge < -0.3 is 30.6 Å². The molecule has 1 aromatic carbocycles. The Balaban J connectivity index is 0.00000220. The van der Waals surface area contributed by atoms with Gasteiger partial charge in [0.2, 0.25) is 0 Å². The van der Waals surface area contributed by atoms with Gasteiger partial charge in [-0.2, -0.15) is 0 Å². The Bertz CT molecular complexity index is 635. The van der Waals surface area contributed by atoms with Gasteiger partial charge in [0.05, 0.1) is 13.0 Å². The molecular formula is C14H13CoN3O4. The van der Waals surface area contributed by atoms with Gasteiger partial charge in [-0.05, 0) is 23.8 Å². The summed E-state index contributed by atoms with van der Waals surface area (Å²) in [5.41, 5.74) is 4.19. The number of aromatic nitrogens is 1. The molecular weight excluding hydrogens is 333 g/mol. The molecule has 1 radical (unpaired) electrons. The van der Waals surface area contributed by atoms with E-state index in [1.807, 2.05) is 0 Å². The van der Waals surface area contributed by atoms with E-state index in [2.05, 4.69) is 15.5 Å². The van der Waals surface area contributed by atoms with E-state index < -0.39 is 5.91 Å². The smallest absolute Gasteiger partial charge is 0.870 e. The van der Waals surface area contributed by atoms with Crippen LogP contribution in [0.15, 0.2) is 47.8 Å². The largest absolute Gasteiger partial charge is 2.00 e. The van der Waals surface area contributed by atoms with Crippen molar-refractivity contribution in [2.45, 2.75) is 0 Å². The maximum atomic E-state index is 11.8. The number of amides is 1. The van der Waals surface area contributed by atoms with Crippen molar-refractivity contribution in [3.05, 3.63) is 59.3 Å². The van der Waals surface area contributed by atoms with Gasteiger partial charge in [-0.25, -0.2) is 0 Å². The number of benzene rings is 1. The van der Waals surface area contributed by atoms with Gasteiger partial charge in [-0.15, -0.1) is 0 Å². The number of carbonyl (C=O) groups excluding carboxylic acids is 1. The van der Waals surface area contributed by atoms with Crippen LogP contribution in [0.4, 0.5) is 0 Å². The monoisotopic (exact) mass is 346 g/mol. The van der Waals surface area contributed by atoms with Crippen molar-refractivity contribution in [2.75, 3.05) is 7.11 Å². The third-order valence-electron chi connectivity index (χ3n) is 2.50. The summed E-state index contributed by atoms with van der Waals surface area (Å²) < 4.78 is 4.90. The summed E-state index contributed by atoms with van der Waals surface area (Å²) in [6.07, 6.45) is 4.21. The molecule has 0 aliphatic carbocycles. The molecule has 0 aliphatic rings. The quantitative estimate of drug-likeness (QED) is 0.603. The van der Waals surface area contributed by atoms with Gasteiger partial charge in [0, 0.05) is 24.2 Å². The number of para-hydroxylation sites is 1. The number of pyridine rings is 1. The molecule has 1 amide bonds. The molecule has 0 fully saturated rings. The second-order valence-corrected chi connectivity index (χ2v) is 3.76. The average molecular weight is 346 g/mol. The Kier molecular flexibility index (Phi) is 8.45. The number of nitrogens with zero attached hydrogens (tertiary/aromatic N) is 3. The summed E-state index contributed by atoms with van der Waals surface area (Å²) >= 11 is 0. The average Bonchev–Trinajstić information content (AvgIpc) is 2.49. The summed E-state index contributed by atoms with van der Waals surface area (Å²) in [6, 6.07) is 7.85. The zero-order valence-corrected chi connectivity index (χ0v) is 12.6. The Hall–Kier alpha value is -2.42. The maximum absolute atomic E-state index is 11.8. The minimum Gasteiger partial charge on any atom is -0.870 e. The van der Waals surface area contributed by atoms with Crippen LogP contribution < -0.4 is 9.84 Å². The fraction of sp³-hybridized carbons (Fsp3) is 0.0714. The minimum atomic E-state index is -0.501. The van der Waals surface area contributed by atoms with E-state index in [1.165, 1.54) is 37.9 Å². The van der Waals surface area contributed by atoms with Crippen LogP contribution in [0.5, 0.6) is 11.5 Å². The first-order valence-electron chi connectivity index (χ1n) is 5.75. The van der Waals surface area contributed by atoms with Crippen molar-refractivity contribution in [2.24, 2.45) is 5.10 Å². The molecule has 0 aliphatic heterocycles. The number of hydrogen-bond acceptors (Lipinski definition) is 5. The van der Waals surface area contributed by atoms with Crippen molar-refractivity contribution >= 4 is 12.1 Å². The number of methoxy groups -OCH3 is 1. The van der Waals surface area contributed by atoms with E-state index in [4.69, 9.17) is 4.74 Å².